The fourth-order valence-electron chi connectivity index (χ4n) is 2.44. The molecule has 1 fully saturated rings. The Morgan fingerprint density at radius 3 is 2.36 bits per heavy atom. The van der Waals surface area contributed by atoms with Crippen LogP contribution >= 0.6 is 23.2 Å². The summed E-state index contributed by atoms with van der Waals surface area (Å²) < 4.78 is 49.6. The van der Waals surface area contributed by atoms with Crippen molar-refractivity contribution in [2.24, 2.45) is 0 Å². The van der Waals surface area contributed by atoms with Crippen molar-refractivity contribution in [2.45, 2.75) is 24.0 Å². The highest BCUT2D eigenvalue weighted by Crippen LogP contribution is 2.29. The summed E-state index contributed by atoms with van der Waals surface area (Å²) >= 11 is 11.6. The van der Waals surface area contributed by atoms with Gasteiger partial charge in [-0.15, -0.1) is 0 Å². The first-order valence-electron chi connectivity index (χ1n) is 6.44. The third kappa shape index (κ3) is 3.42. The number of hydrogen-bond donors (Lipinski definition) is 1. The number of rotatable bonds is 4. The second-order valence-corrected chi connectivity index (χ2v) is 9.85. The van der Waals surface area contributed by atoms with E-state index >= 15 is 0 Å². The Morgan fingerprint density at radius 1 is 1.27 bits per heavy atom. The summed E-state index contributed by atoms with van der Waals surface area (Å²) in [6, 6.07) is 2.85. The van der Waals surface area contributed by atoms with Gasteiger partial charge in [-0.1, -0.05) is 30.1 Å². The van der Waals surface area contributed by atoms with Crippen molar-refractivity contribution >= 4 is 43.1 Å². The highest BCUT2D eigenvalue weighted by atomic mass is 35.5. The van der Waals surface area contributed by atoms with E-state index in [1.807, 2.05) is 0 Å². The predicted octanol–water partition coefficient (Wildman–Crippen LogP) is 1.16. The summed E-state index contributed by atoms with van der Waals surface area (Å²) in [7, 11) is -7.45. The van der Waals surface area contributed by atoms with Gasteiger partial charge >= 0.3 is 0 Å². The monoisotopic (exact) mass is 387 g/mol. The number of aliphatic hydroxyl groups excluding tert-OH is 1. The fourth-order valence-corrected chi connectivity index (χ4v) is 6.39. The zero-order valence-corrected chi connectivity index (χ0v) is 14.8. The molecule has 124 valence electrons. The highest BCUT2D eigenvalue weighted by molar-refractivity contribution is 7.92. The van der Waals surface area contributed by atoms with Gasteiger partial charge in [-0.25, -0.2) is 16.8 Å². The van der Waals surface area contributed by atoms with Crippen LogP contribution in [0.15, 0.2) is 23.1 Å². The summed E-state index contributed by atoms with van der Waals surface area (Å²) in [5.74, 6) is -0.840. The molecule has 0 aliphatic carbocycles. The summed E-state index contributed by atoms with van der Waals surface area (Å²) in [5, 5.41) is 10.2. The SMILES string of the molecule is CCN([C@@H]1CS(=O)(=O)C[C@@H]1O)S(=O)(=O)c1ccc(Cl)c(Cl)c1. The van der Waals surface area contributed by atoms with E-state index in [0.717, 1.165) is 4.31 Å². The van der Waals surface area contributed by atoms with Crippen molar-refractivity contribution < 1.29 is 21.9 Å². The van der Waals surface area contributed by atoms with Gasteiger partial charge < -0.3 is 5.11 Å². The molecular weight excluding hydrogens is 373 g/mol. The summed E-state index contributed by atoms with van der Waals surface area (Å²) in [5.41, 5.74) is 0. The van der Waals surface area contributed by atoms with Gasteiger partial charge in [0.25, 0.3) is 0 Å². The molecular formula is C12H15Cl2NO5S2. The van der Waals surface area contributed by atoms with Crippen LogP contribution in [-0.4, -0.2) is 56.4 Å². The second kappa shape index (κ2) is 6.26. The first kappa shape index (κ1) is 18.0. The summed E-state index contributed by atoms with van der Waals surface area (Å²) in [6.45, 7) is 1.60. The average Bonchev–Trinajstić information content (AvgIpc) is 2.66. The largest absolute Gasteiger partial charge is 0.390 e. The summed E-state index contributed by atoms with van der Waals surface area (Å²) in [6.07, 6.45) is -1.25. The van der Waals surface area contributed by atoms with Gasteiger partial charge in [-0.05, 0) is 18.2 Å². The first-order valence-corrected chi connectivity index (χ1v) is 10.5. The Labute approximate surface area is 139 Å². The maximum Gasteiger partial charge on any atom is 0.243 e. The minimum Gasteiger partial charge on any atom is -0.390 e. The van der Waals surface area contributed by atoms with Gasteiger partial charge in [0.05, 0.1) is 38.6 Å². The second-order valence-electron chi connectivity index (χ2n) is 5.00. The van der Waals surface area contributed by atoms with Gasteiger partial charge in [0.1, 0.15) is 0 Å². The molecule has 1 aromatic rings. The summed E-state index contributed by atoms with van der Waals surface area (Å²) in [4.78, 5) is -0.0970. The molecule has 0 radical (unpaired) electrons. The van der Waals surface area contributed by atoms with E-state index in [2.05, 4.69) is 0 Å². The number of halogens is 2. The van der Waals surface area contributed by atoms with E-state index < -0.39 is 43.5 Å². The van der Waals surface area contributed by atoms with E-state index in [-0.39, 0.29) is 21.5 Å². The lowest BCUT2D eigenvalue weighted by molar-refractivity contribution is 0.130. The zero-order chi connectivity index (χ0) is 16.7. The van der Waals surface area contributed by atoms with Crippen LogP contribution in [0.4, 0.5) is 0 Å². The first-order chi connectivity index (χ1) is 10.1. The third-order valence-electron chi connectivity index (χ3n) is 3.47. The van der Waals surface area contributed by atoms with Crippen LogP contribution in [-0.2, 0) is 19.9 Å². The fraction of sp³-hybridized carbons (Fsp3) is 0.500. The van der Waals surface area contributed by atoms with E-state index in [9.17, 15) is 21.9 Å². The third-order valence-corrected chi connectivity index (χ3v) is 7.91. The molecule has 1 N–H and O–H groups in total. The highest BCUT2D eigenvalue weighted by Gasteiger charge is 2.44. The number of likely N-dealkylation sites (N-methyl/N-ethyl adjacent to an activating group) is 1. The van der Waals surface area contributed by atoms with Crippen molar-refractivity contribution in [2.75, 3.05) is 18.1 Å². The predicted molar refractivity (Wildman–Crippen MR) is 84.5 cm³/mol. The molecule has 22 heavy (non-hydrogen) atoms. The number of nitrogens with zero attached hydrogens (tertiary/aromatic N) is 1. The molecule has 0 aromatic heterocycles. The van der Waals surface area contributed by atoms with Crippen LogP contribution in [0, 0.1) is 0 Å². The van der Waals surface area contributed by atoms with Crippen LogP contribution < -0.4 is 0 Å². The number of benzene rings is 1. The molecule has 1 aromatic carbocycles. The molecule has 10 heteroatoms. The Balaban J connectivity index is 2.43. The van der Waals surface area contributed by atoms with Crippen LogP contribution in [0.5, 0.6) is 0 Å². The van der Waals surface area contributed by atoms with E-state index in [1.165, 1.54) is 18.2 Å². The van der Waals surface area contributed by atoms with Crippen molar-refractivity contribution in [3.63, 3.8) is 0 Å². The number of sulfonamides is 1. The molecule has 2 atom stereocenters. The maximum atomic E-state index is 12.7. The van der Waals surface area contributed by atoms with Gasteiger partial charge in [-0.2, -0.15) is 4.31 Å². The van der Waals surface area contributed by atoms with Crippen LogP contribution in [0.3, 0.4) is 0 Å². The zero-order valence-electron chi connectivity index (χ0n) is 11.6. The number of sulfone groups is 1. The van der Waals surface area contributed by atoms with Gasteiger partial charge in [0.15, 0.2) is 9.84 Å². The van der Waals surface area contributed by atoms with Gasteiger partial charge in [0, 0.05) is 6.54 Å². The number of hydrogen-bond acceptors (Lipinski definition) is 5. The molecule has 0 spiro atoms. The molecule has 1 aliphatic rings. The quantitative estimate of drug-likeness (QED) is 0.836. The van der Waals surface area contributed by atoms with E-state index in [0.29, 0.717) is 0 Å². The van der Waals surface area contributed by atoms with Crippen molar-refractivity contribution in [1.29, 1.82) is 0 Å². The van der Waals surface area contributed by atoms with E-state index in [1.54, 1.807) is 6.92 Å². The molecule has 0 unspecified atom stereocenters. The lowest BCUT2D eigenvalue weighted by Crippen LogP contribution is -2.46. The Kier molecular flexibility index (Phi) is 5.11. The standard InChI is InChI=1S/C12H15Cl2NO5S2/c1-2-15(11-6-21(17,18)7-12(11)16)22(19,20)8-3-4-9(13)10(14)5-8/h3-5,11-12,16H,2,6-7H2,1H3/t11-,12+/m1/s1. The molecule has 0 bridgehead atoms. The van der Waals surface area contributed by atoms with Crippen molar-refractivity contribution in [3.8, 4) is 0 Å². The van der Waals surface area contributed by atoms with Crippen molar-refractivity contribution in [1.82, 2.24) is 4.31 Å². The molecule has 6 nitrogen and oxygen atoms in total. The molecule has 1 heterocycles. The Bertz CT molecular complexity index is 779. The maximum absolute atomic E-state index is 12.7. The molecule has 0 amide bonds. The lowest BCUT2D eigenvalue weighted by atomic mass is 10.2. The van der Waals surface area contributed by atoms with Gasteiger partial charge in [0.2, 0.25) is 10.0 Å². The van der Waals surface area contributed by atoms with Crippen LogP contribution in [0.1, 0.15) is 6.92 Å². The smallest absolute Gasteiger partial charge is 0.243 e. The average molecular weight is 388 g/mol. The Hall–Kier alpha value is -0.380. The molecule has 0 saturated carbocycles. The Morgan fingerprint density at radius 2 is 1.91 bits per heavy atom. The normalized spacial score (nSPS) is 24.8. The molecule has 1 saturated heterocycles. The topological polar surface area (TPSA) is 91.8 Å². The van der Waals surface area contributed by atoms with Crippen LogP contribution in [0.2, 0.25) is 10.0 Å². The lowest BCUT2D eigenvalue weighted by Gasteiger charge is -2.28. The molecule has 2 rings (SSSR count). The minimum atomic E-state index is -3.99. The van der Waals surface area contributed by atoms with Crippen LogP contribution in [0.25, 0.3) is 0 Å². The van der Waals surface area contributed by atoms with Gasteiger partial charge in [-0.3, -0.25) is 0 Å². The van der Waals surface area contributed by atoms with E-state index in [4.69, 9.17) is 23.2 Å². The molecule has 1 aliphatic heterocycles. The number of aliphatic hydroxyl groups is 1. The minimum absolute atomic E-state index is 0.0276. The van der Waals surface area contributed by atoms with Crippen molar-refractivity contribution in [3.05, 3.63) is 28.2 Å².